The molecule has 7 heteroatoms. The number of anilines is 1. The average Bonchev–Trinajstić information content (AvgIpc) is 2.78. The lowest BCUT2D eigenvalue weighted by molar-refractivity contribution is -0.117. The Morgan fingerprint density at radius 2 is 2.28 bits per heavy atom. The highest BCUT2D eigenvalue weighted by Crippen LogP contribution is 2.35. The third kappa shape index (κ3) is 3.51. The lowest BCUT2D eigenvalue weighted by Gasteiger charge is -2.13. The lowest BCUT2D eigenvalue weighted by Crippen LogP contribution is -2.35. The summed E-state index contributed by atoms with van der Waals surface area (Å²) in [6, 6.07) is 2.90. The van der Waals surface area contributed by atoms with Gasteiger partial charge < -0.3 is 15.7 Å². The van der Waals surface area contributed by atoms with Crippen molar-refractivity contribution in [3.05, 3.63) is 21.6 Å². The van der Waals surface area contributed by atoms with E-state index in [9.17, 15) is 9.90 Å². The van der Waals surface area contributed by atoms with Crippen LogP contribution in [0.3, 0.4) is 0 Å². The summed E-state index contributed by atoms with van der Waals surface area (Å²) in [5, 5.41) is 16.0. The van der Waals surface area contributed by atoms with Gasteiger partial charge >= 0.3 is 0 Å². The summed E-state index contributed by atoms with van der Waals surface area (Å²) in [6.45, 7) is 0.851. The van der Waals surface area contributed by atoms with Gasteiger partial charge in [-0.2, -0.15) is 0 Å². The highest BCUT2D eigenvalue weighted by Gasteiger charge is 2.23. The summed E-state index contributed by atoms with van der Waals surface area (Å²) < 4.78 is 0.458. The molecule has 1 heterocycles. The number of aromatic hydroxyl groups is 1. The Balaban J connectivity index is 0.00000162. The maximum Gasteiger partial charge on any atom is 0.241 e. The van der Waals surface area contributed by atoms with Crippen LogP contribution in [0.4, 0.5) is 5.69 Å². The zero-order valence-corrected chi connectivity index (χ0v) is 12.5. The van der Waals surface area contributed by atoms with Crippen molar-refractivity contribution >= 4 is 51.5 Å². The van der Waals surface area contributed by atoms with Gasteiger partial charge in [-0.15, -0.1) is 12.4 Å². The quantitative estimate of drug-likeness (QED) is 0.715. The number of carbonyl (C=O) groups excluding carboxylic acids is 1. The van der Waals surface area contributed by atoms with E-state index < -0.39 is 0 Å². The molecule has 2 rings (SSSR count). The average molecular weight is 356 g/mol. The van der Waals surface area contributed by atoms with Gasteiger partial charge in [-0.05, 0) is 47.4 Å². The molecule has 0 saturated carbocycles. The van der Waals surface area contributed by atoms with Crippen LogP contribution in [0.2, 0.25) is 5.02 Å². The highest BCUT2D eigenvalue weighted by atomic mass is 79.9. The summed E-state index contributed by atoms with van der Waals surface area (Å²) in [7, 11) is 0. The molecule has 1 aromatic rings. The van der Waals surface area contributed by atoms with Crippen molar-refractivity contribution in [2.75, 3.05) is 11.9 Å². The summed E-state index contributed by atoms with van der Waals surface area (Å²) in [5.41, 5.74) is 0.322. The second kappa shape index (κ2) is 6.61. The van der Waals surface area contributed by atoms with Crippen LogP contribution in [0, 0.1) is 0 Å². The zero-order chi connectivity index (χ0) is 12.4. The number of halogens is 3. The van der Waals surface area contributed by atoms with Gasteiger partial charge in [0.25, 0.3) is 0 Å². The number of rotatable bonds is 2. The van der Waals surface area contributed by atoms with Gasteiger partial charge in [0, 0.05) is 5.02 Å². The van der Waals surface area contributed by atoms with Crippen LogP contribution in [-0.4, -0.2) is 23.6 Å². The molecule has 1 unspecified atom stereocenters. The van der Waals surface area contributed by atoms with Gasteiger partial charge in [-0.25, -0.2) is 0 Å². The van der Waals surface area contributed by atoms with E-state index in [4.69, 9.17) is 11.6 Å². The first kappa shape index (κ1) is 15.6. The van der Waals surface area contributed by atoms with Gasteiger partial charge in [0.1, 0.15) is 0 Å². The predicted octanol–water partition coefficient (Wildman–Crippen LogP) is 2.92. The summed E-state index contributed by atoms with van der Waals surface area (Å²) in [5.74, 6) is -0.160. The first-order valence-corrected chi connectivity index (χ1v) is 6.47. The smallest absolute Gasteiger partial charge is 0.241 e. The fourth-order valence-electron chi connectivity index (χ4n) is 1.79. The fraction of sp³-hybridized carbons (Fsp3) is 0.364. The molecule has 0 bridgehead atoms. The van der Waals surface area contributed by atoms with Crippen molar-refractivity contribution in [1.82, 2.24) is 5.32 Å². The Kier molecular flexibility index (Phi) is 5.72. The molecule has 1 amide bonds. The van der Waals surface area contributed by atoms with Gasteiger partial charge in [0.2, 0.25) is 5.91 Å². The maximum absolute atomic E-state index is 11.8. The summed E-state index contributed by atoms with van der Waals surface area (Å²) >= 11 is 9.03. The Labute approximate surface area is 125 Å². The summed E-state index contributed by atoms with van der Waals surface area (Å²) in [4.78, 5) is 11.8. The molecule has 3 N–H and O–H groups in total. The normalized spacial score (nSPS) is 18.2. The van der Waals surface area contributed by atoms with E-state index >= 15 is 0 Å². The summed E-state index contributed by atoms with van der Waals surface area (Å²) in [6.07, 6.45) is 1.80. The van der Waals surface area contributed by atoms with Gasteiger partial charge in [0.15, 0.2) is 5.75 Å². The molecule has 1 aliphatic heterocycles. The minimum absolute atomic E-state index is 0. The third-order valence-electron chi connectivity index (χ3n) is 2.66. The van der Waals surface area contributed by atoms with Crippen LogP contribution in [0.1, 0.15) is 12.8 Å². The van der Waals surface area contributed by atoms with Crippen molar-refractivity contribution in [1.29, 1.82) is 0 Å². The number of carbonyl (C=O) groups is 1. The Hall–Kier alpha value is -0.490. The first-order valence-electron chi connectivity index (χ1n) is 5.30. The van der Waals surface area contributed by atoms with E-state index in [2.05, 4.69) is 26.6 Å². The standard InChI is InChI=1S/C11H12BrClN2O2.ClH/c12-7-4-6(13)5-9(10(7)16)15-11(17)8-2-1-3-14-8;/h4-5,8,14,16H,1-3H2,(H,15,17);1H. The monoisotopic (exact) mass is 354 g/mol. The molecule has 1 aliphatic rings. The van der Waals surface area contributed by atoms with Crippen molar-refractivity contribution in [2.45, 2.75) is 18.9 Å². The molecule has 100 valence electrons. The molecule has 0 aliphatic carbocycles. The molecular weight excluding hydrogens is 343 g/mol. The van der Waals surface area contributed by atoms with E-state index in [1.807, 2.05) is 0 Å². The van der Waals surface area contributed by atoms with Crippen LogP contribution in [0.15, 0.2) is 16.6 Å². The van der Waals surface area contributed by atoms with Crippen LogP contribution in [-0.2, 0) is 4.79 Å². The van der Waals surface area contributed by atoms with Crippen LogP contribution in [0.5, 0.6) is 5.75 Å². The Bertz CT molecular complexity index is 451. The third-order valence-corrected chi connectivity index (χ3v) is 3.49. The number of hydrogen-bond donors (Lipinski definition) is 3. The van der Waals surface area contributed by atoms with E-state index in [1.54, 1.807) is 6.07 Å². The molecule has 18 heavy (non-hydrogen) atoms. The number of nitrogens with one attached hydrogen (secondary N) is 2. The Morgan fingerprint density at radius 1 is 1.56 bits per heavy atom. The van der Waals surface area contributed by atoms with Crippen molar-refractivity contribution in [2.24, 2.45) is 0 Å². The highest BCUT2D eigenvalue weighted by molar-refractivity contribution is 9.10. The number of phenols is 1. The second-order valence-electron chi connectivity index (χ2n) is 3.92. The van der Waals surface area contributed by atoms with Crippen LogP contribution < -0.4 is 10.6 Å². The lowest BCUT2D eigenvalue weighted by atomic mass is 10.2. The molecule has 1 fully saturated rings. The minimum Gasteiger partial charge on any atom is -0.505 e. The predicted molar refractivity (Wildman–Crippen MR) is 77.7 cm³/mol. The van der Waals surface area contributed by atoms with E-state index in [0.29, 0.717) is 15.2 Å². The zero-order valence-electron chi connectivity index (χ0n) is 9.37. The van der Waals surface area contributed by atoms with E-state index in [1.165, 1.54) is 6.07 Å². The molecule has 0 radical (unpaired) electrons. The van der Waals surface area contributed by atoms with E-state index in [0.717, 1.165) is 19.4 Å². The van der Waals surface area contributed by atoms with Gasteiger partial charge in [-0.3, -0.25) is 4.79 Å². The fourth-order valence-corrected chi connectivity index (χ4v) is 2.60. The number of hydrogen-bond acceptors (Lipinski definition) is 3. The molecule has 1 saturated heterocycles. The van der Waals surface area contributed by atoms with E-state index in [-0.39, 0.29) is 30.1 Å². The molecule has 1 aromatic carbocycles. The number of phenolic OH excluding ortho intramolecular Hbond substituents is 1. The Morgan fingerprint density at radius 3 is 2.89 bits per heavy atom. The van der Waals surface area contributed by atoms with Crippen molar-refractivity contribution in [3.63, 3.8) is 0 Å². The van der Waals surface area contributed by atoms with Crippen molar-refractivity contribution in [3.8, 4) is 5.75 Å². The topological polar surface area (TPSA) is 61.4 Å². The molecule has 4 nitrogen and oxygen atoms in total. The number of amides is 1. The van der Waals surface area contributed by atoms with Gasteiger partial charge in [0.05, 0.1) is 16.2 Å². The SMILES string of the molecule is Cl.O=C(Nc1cc(Cl)cc(Br)c1O)C1CCCN1. The molecule has 0 spiro atoms. The van der Waals surface area contributed by atoms with Crippen LogP contribution >= 0.6 is 39.9 Å². The van der Waals surface area contributed by atoms with Gasteiger partial charge in [-0.1, -0.05) is 11.6 Å². The van der Waals surface area contributed by atoms with Crippen LogP contribution in [0.25, 0.3) is 0 Å². The first-order chi connectivity index (χ1) is 8.08. The second-order valence-corrected chi connectivity index (χ2v) is 5.21. The number of benzene rings is 1. The molecular formula is C11H13BrCl2N2O2. The molecule has 0 aromatic heterocycles. The minimum atomic E-state index is -0.188. The maximum atomic E-state index is 11.8. The molecule has 1 atom stereocenters. The largest absolute Gasteiger partial charge is 0.505 e. The van der Waals surface area contributed by atoms with Crippen molar-refractivity contribution < 1.29 is 9.90 Å².